The lowest BCUT2D eigenvalue weighted by molar-refractivity contribution is 0.599. The van der Waals surface area contributed by atoms with Crippen molar-refractivity contribution in [2.75, 3.05) is 6.54 Å². The Morgan fingerprint density at radius 3 is 2.63 bits per heavy atom. The van der Waals surface area contributed by atoms with Crippen LogP contribution in [-0.4, -0.2) is 6.54 Å². The van der Waals surface area contributed by atoms with Crippen molar-refractivity contribution in [3.63, 3.8) is 0 Å². The van der Waals surface area contributed by atoms with Gasteiger partial charge in [-0.05, 0) is 60.7 Å². The fourth-order valence-electron chi connectivity index (χ4n) is 2.07. The summed E-state index contributed by atoms with van der Waals surface area (Å²) in [4.78, 5) is 1.33. The van der Waals surface area contributed by atoms with E-state index in [-0.39, 0.29) is 6.04 Å². The van der Waals surface area contributed by atoms with E-state index < -0.39 is 0 Å². The number of thiophene rings is 1. The molecule has 1 nitrogen and oxygen atoms in total. The lowest BCUT2D eigenvalue weighted by atomic mass is 10.0. The van der Waals surface area contributed by atoms with E-state index >= 15 is 0 Å². The molecule has 0 spiro atoms. The molecule has 1 aromatic carbocycles. The summed E-state index contributed by atoms with van der Waals surface area (Å²) in [5.41, 5.74) is 2.51. The highest BCUT2D eigenvalue weighted by atomic mass is 79.9. The van der Waals surface area contributed by atoms with Crippen molar-refractivity contribution >= 4 is 38.9 Å². The predicted molar refractivity (Wildman–Crippen MR) is 88.3 cm³/mol. The summed E-state index contributed by atoms with van der Waals surface area (Å²) in [6.45, 7) is 5.31. The second-order valence-electron chi connectivity index (χ2n) is 4.58. The number of aryl methyl sites for hydroxylation is 1. The summed E-state index contributed by atoms with van der Waals surface area (Å²) >= 11 is 11.5. The molecule has 0 aliphatic rings. The Kier molecular flexibility index (Phi) is 5.46. The maximum atomic E-state index is 6.17. The number of benzene rings is 1. The molecule has 2 aromatic rings. The molecule has 1 aromatic heterocycles. The fraction of sp³-hybridized carbons (Fsp3) is 0.333. The first-order chi connectivity index (χ1) is 9.10. The van der Waals surface area contributed by atoms with Crippen LogP contribution in [0.15, 0.2) is 34.1 Å². The van der Waals surface area contributed by atoms with Crippen LogP contribution < -0.4 is 5.32 Å². The van der Waals surface area contributed by atoms with Crippen LogP contribution in [0.5, 0.6) is 0 Å². The molecule has 0 fully saturated rings. The molecule has 2 rings (SSSR count). The van der Waals surface area contributed by atoms with Crippen LogP contribution in [0, 0.1) is 6.92 Å². The van der Waals surface area contributed by atoms with Gasteiger partial charge in [0.15, 0.2) is 0 Å². The lowest BCUT2D eigenvalue weighted by Crippen LogP contribution is -2.22. The van der Waals surface area contributed by atoms with Crippen molar-refractivity contribution in [1.82, 2.24) is 5.32 Å². The molecule has 1 N–H and O–H groups in total. The first-order valence-electron chi connectivity index (χ1n) is 6.34. The Morgan fingerprint density at radius 2 is 2.05 bits per heavy atom. The average Bonchev–Trinajstić information content (AvgIpc) is 2.75. The number of halogens is 2. The topological polar surface area (TPSA) is 12.0 Å². The van der Waals surface area contributed by atoms with Gasteiger partial charge in [-0.3, -0.25) is 0 Å². The summed E-state index contributed by atoms with van der Waals surface area (Å²) in [5.74, 6) is 0. The summed E-state index contributed by atoms with van der Waals surface area (Å²) in [6, 6.07) is 8.53. The van der Waals surface area contributed by atoms with Gasteiger partial charge in [0.25, 0.3) is 0 Å². The van der Waals surface area contributed by atoms with Crippen molar-refractivity contribution in [3.8, 4) is 0 Å². The fourth-order valence-corrected chi connectivity index (χ4v) is 3.69. The second-order valence-corrected chi connectivity index (χ2v) is 7.05. The van der Waals surface area contributed by atoms with Gasteiger partial charge in [-0.2, -0.15) is 0 Å². The SMILES string of the molecule is CCCNC(c1cc(Cl)cc(Br)c1)c1csc(C)c1. The maximum Gasteiger partial charge on any atom is 0.0585 e. The molecule has 1 atom stereocenters. The van der Waals surface area contributed by atoms with Crippen molar-refractivity contribution in [2.24, 2.45) is 0 Å². The number of hydrogen-bond acceptors (Lipinski definition) is 2. The minimum atomic E-state index is 0.208. The summed E-state index contributed by atoms with van der Waals surface area (Å²) in [7, 11) is 0. The van der Waals surface area contributed by atoms with E-state index in [0.717, 1.165) is 22.5 Å². The van der Waals surface area contributed by atoms with E-state index in [0.29, 0.717) is 0 Å². The van der Waals surface area contributed by atoms with Crippen LogP contribution in [0.2, 0.25) is 5.02 Å². The minimum Gasteiger partial charge on any atom is -0.306 e. The van der Waals surface area contributed by atoms with Crippen LogP contribution >= 0.6 is 38.9 Å². The average molecular weight is 359 g/mol. The Balaban J connectivity index is 2.36. The normalized spacial score (nSPS) is 12.6. The van der Waals surface area contributed by atoms with Gasteiger partial charge in [-0.1, -0.05) is 34.5 Å². The molecule has 0 bridgehead atoms. The Morgan fingerprint density at radius 1 is 1.26 bits per heavy atom. The summed E-state index contributed by atoms with van der Waals surface area (Å²) < 4.78 is 1.02. The van der Waals surface area contributed by atoms with Gasteiger partial charge in [0, 0.05) is 14.4 Å². The third kappa shape index (κ3) is 4.06. The van der Waals surface area contributed by atoms with E-state index in [1.165, 1.54) is 16.0 Å². The maximum absolute atomic E-state index is 6.17. The van der Waals surface area contributed by atoms with Crippen LogP contribution in [0.1, 0.15) is 35.4 Å². The second kappa shape index (κ2) is 6.89. The number of rotatable bonds is 5. The molecular weight excluding hydrogens is 342 g/mol. The highest BCUT2D eigenvalue weighted by Crippen LogP contribution is 2.30. The van der Waals surface area contributed by atoms with Crippen molar-refractivity contribution in [2.45, 2.75) is 26.3 Å². The minimum absolute atomic E-state index is 0.208. The highest BCUT2D eigenvalue weighted by Gasteiger charge is 2.15. The van der Waals surface area contributed by atoms with Crippen LogP contribution in [0.3, 0.4) is 0 Å². The van der Waals surface area contributed by atoms with Crippen LogP contribution in [0.25, 0.3) is 0 Å². The van der Waals surface area contributed by atoms with Gasteiger partial charge in [-0.15, -0.1) is 11.3 Å². The van der Waals surface area contributed by atoms with E-state index in [9.17, 15) is 0 Å². The van der Waals surface area contributed by atoms with Gasteiger partial charge >= 0.3 is 0 Å². The van der Waals surface area contributed by atoms with Gasteiger partial charge < -0.3 is 5.32 Å². The molecule has 0 aliphatic heterocycles. The first kappa shape index (κ1) is 15.0. The molecule has 4 heteroatoms. The molecule has 1 unspecified atom stereocenters. The van der Waals surface area contributed by atoms with E-state index in [4.69, 9.17) is 11.6 Å². The summed E-state index contributed by atoms with van der Waals surface area (Å²) in [5, 5.41) is 6.58. The first-order valence-corrected chi connectivity index (χ1v) is 8.39. The highest BCUT2D eigenvalue weighted by molar-refractivity contribution is 9.10. The molecule has 1 heterocycles. The molecule has 0 aliphatic carbocycles. The molecular formula is C15H17BrClNS. The quantitative estimate of drug-likeness (QED) is 0.737. The van der Waals surface area contributed by atoms with Crippen molar-refractivity contribution in [1.29, 1.82) is 0 Å². The Bertz CT molecular complexity index is 533. The standard InChI is InChI=1S/C15H17BrClNS/c1-3-4-18-15(12-5-10(2)19-9-12)11-6-13(16)8-14(17)7-11/h5-9,15,18H,3-4H2,1-2H3. The van der Waals surface area contributed by atoms with Crippen molar-refractivity contribution in [3.05, 3.63) is 55.1 Å². The molecule has 19 heavy (non-hydrogen) atoms. The Hall–Kier alpha value is -0.350. The largest absolute Gasteiger partial charge is 0.306 e. The molecule has 102 valence electrons. The molecule has 0 radical (unpaired) electrons. The zero-order chi connectivity index (χ0) is 13.8. The molecule has 0 saturated heterocycles. The van der Waals surface area contributed by atoms with Crippen molar-refractivity contribution < 1.29 is 0 Å². The van der Waals surface area contributed by atoms with Gasteiger partial charge in [0.1, 0.15) is 0 Å². The predicted octanol–water partition coefficient (Wildman–Crippen LogP) is 5.56. The number of hydrogen-bond donors (Lipinski definition) is 1. The van der Waals surface area contributed by atoms with E-state index in [1.807, 2.05) is 12.1 Å². The van der Waals surface area contributed by atoms with Gasteiger partial charge in [0.2, 0.25) is 0 Å². The smallest absolute Gasteiger partial charge is 0.0585 e. The summed E-state index contributed by atoms with van der Waals surface area (Å²) in [6.07, 6.45) is 1.11. The monoisotopic (exact) mass is 357 g/mol. The third-order valence-corrected chi connectivity index (χ3v) is 4.46. The van der Waals surface area contributed by atoms with Gasteiger partial charge in [-0.25, -0.2) is 0 Å². The number of nitrogens with one attached hydrogen (secondary N) is 1. The van der Waals surface area contributed by atoms with Crippen LogP contribution in [-0.2, 0) is 0 Å². The van der Waals surface area contributed by atoms with Gasteiger partial charge in [0.05, 0.1) is 6.04 Å². The zero-order valence-electron chi connectivity index (χ0n) is 11.0. The van der Waals surface area contributed by atoms with E-state index in [1.54, 1.807) is 11.3 Å². The molecule has 0 saturated carbocycles. The Labute approximate surface area is 132 Å². The van der Waals surface area contributed by atoms with Crippen LogP contribution in [0.4, 0.5) is 0 Å². The van der Waals surface area contributed by atoms with E-state index in [2.05, 4.69) is 52.6 Å². The molecule has 0 amide bonds. The lowest BCUT2D eigenvalue weighted by Gasteiger charge is -2.19. The third-order valence-electron chi connectivity index (χ3n) is 2.90. The zero-order valence-corrected chi connectivity index (χ0v) is 14.2.